The van der Waals surface area contributed by atoms with Crippen molar-refractivity contribution in [3.63, 3.8) is 0 Å². The molecule has 0 N–H and O–H groups in total. The second-order valence-corrected chi connectivity index (χ2v) is 3.97. The molecule has 1 aromatic carbocycles. The molecule has 0 aliphatic carbocycles. The second-order valence-electron chi connectivity index (χ2n) is 3.06. The van der Waals surface area contributed by atoms with E-state index in [1.54, 1.807) is 6.07 Å². The van der Waals surface area contributed by atoms with Crippen molar-refractivity contribution in [1.82, 2.24) is 0 Å². The largest absolute Gasteiger partial charge is 0.289 e. The molecule has 0 saturated carbocycles. The average Bonchev–Trinajstić information content (AvgIpc) is 2.56. The van der Waals surface area contributed by atoms with Gasteiger partial charge in [0, 0.05) is 22.3 Å². The van der Waals surface area contributed by atoms with E-state index < -0.39 is 0 Å². The number of hydrogen-bond acceptors (Lipinski definition) is 1. The smallest absolute Gasteiger partial charge is 0.133 e. The van der Waals surface area contributed by atoms with Gasteiger partial charge in [0.15, 0.2) is 0 Å². The molecule has 13 heavy (non-hydrogen) atoms. The highest BCUT2D eigenvalue weighted by Gasteiger charge is 2.12. The van der Waals surface area contributed by atoms with Crippen LogP contribution in [-0.4, -0.2) is 12.3 Å². The molecule has 0 amide bonds. The Morgan fingerprint density at radius 1 is 1.38 bits per heavy atom. The van der Waals surface area contributed by atoms with E-state index >= 15 is 0 Å². The van der Waals surface area contributed by atoms with Gasteiger partial charge in [0.2, 0.25) is 0 Å². The molecule has 1 heterocycles. The lowest BCUT2D eigenvalue weighted by atomic mass is 10.1. The molecule has 0 aromatic heterocycles. The van der Waals surface area contributed by atoms with E-state index in [0.29, 0.717) is 5.56 Å². The van der Waals surface area contributed by atoms with Crippen molar-refractivity contribution in [2.45, 2.75) is 12.8 Å². The van der Waals surface area contributed by atoms with Gasteiger partial charge in [0.25, 0.3) is 0 Å². The highest BCUT2D eigenvalue weighted by molar-refractivity contribution is 9.10. The first-order valence-corrected chi connectivity index (χ1v) is 5.05. The Bertz CT molecular complexity index is 360. The molecule has 2 rings (SSSR count). The summed E-state index contributed by atoms with van der Waals surface area (Å²) in [7, 11) is 0. The van der Waals surface area contributed by atoms with Gasteiger partial charge >= 0.3 is 0 Å². The van der Waals surface area contributed by atoms with Crippen LogP contribution in [0, 0.1) is 5.82 Å². The lowest BCUT2D eigenvalue weighted by Crippen LogP contribution is -1.99. The Morgan fingerprint density at radius 3 is 2.85 bits per heavy atom. The lowest BCUT2D eigenvalue weighted by Gasteiger charge is -2.02. The van der Waals surface area contributed by atoms with E-state index in [0.717, 1.165) is 29.6 Å². The Labute approximate surface area is 84.8 Å². The van der Waals surface area contributed by atoms with Gasteiger partial charge in [-0.05, 0) is 31.0 Å². The first-order valence-electron chi connectivity index (χ1n) is 4.26. The van der Waals surface area contributed by atoms with Gasteiger partial charge in [-0.3, -0.25) is 4.99 Å². The van der Waals surface area contributed by atoms with Crippen LogP contribution in [0.25, 0.3) is 0 Å². The average molecular weight is 242 g/mol. The van der Waals surface area contributed by atoms with E-state index in [1.807, 2.05) is 6.07 Å². The van der Waals surface area contributed by atoms with Crippen molar-refractivity contribution in [2.24, 2.45) is 4.99 Å². The van der Waals surface area contributed by atoms with Crippen LogP contribution in [0.2, 0.25) is 0 Å². The summed E-state index contributed by atoms with van der Waals surface area (Å²) in [6.07, 6.45) is 1.95. The molecule has 1 nitrogen and oxygen atoms in total. The van der Waals surface area contributed by atoms with Gasteiger partial charge in [0.05, 0.1) is 0 Å². The quantitative estimate of drug-likeness (QED) is 0.717. The first-order chi connectivity index (χ1) is 6.27. The maximum Gasteiger partial charge on any atom is 0.133 e. The van der Waals surface area contributed by atoms with Gasteiger partial charge in [0.1, 0.15) is 5.82 Å². The highest BCUT2D eigenvalue weighted by atomic mass is 79.9. The standard InChI is InChI=1S/C10H9BrFN/c11-7-3-4-8(9(12)6-7)10-2-1-5-13-10/h3-4,6H,1-2,5H2. The number of hydrogen-bond donors (Lipinski definition) is 0. The molecule has 1 aromatic rings. The van der Waals surface area contributed by atoms with E-state index in [2.05, 4.69) is 20.9 Å². The van der Waals surface area contributed by atoms with Crippen molar-refractivity contribution < 1.29 is 4.39 Å². The normalized spacial score (nSPS) is 16.0. The summed E-state index contributed by atoms with van der Waals surface area (Å²) in [6, 6.07) is 5.11. The zero-order valence-electron chi connectivity index (χ0n) is 7.06. The van der Waals surface area contributed by atoms with Crippen LogP contribution in [0.5, 0.6) is 0 Å². The molecular formula is C10H9BrFN. The van der Waals surface area contributed by atoms with E-state index in [9.17, 15) is 4.39 Å². The summed E-state index contributed by atoms with van der Waals surface area (Å²) in [5, 5.41) is 0. The maximum atomic E-state index is 13.4. The molecule has 0 fully saturated rings. The number of rotatable bonds is 1. The van der Waals surface area contributed by atoms with Crippen molar-refractivity contribution in [3.05, 3.63) is 34.1 Å². The molecule has 0 radical (unpaired) electrons. The minimum Gasteiger partial charge on any atom is -0.289 e. The van der Waals surface area contributed by atoms with Gasteiger partial charge < -0.3 is 0 Å². The molecule has 0 bridgehead atoms. The van der Waals surface area contributed by atoms with E-state index in [1.165, 1.54) is 6.07 Å². The summed E-state index contributed by atoms with van der Waals surface area (Å²) in [5.74, 6) is -0.185. The molecule has 0 unspecified atom stereocenters. The fourth-order valence-corrected chi connectivity index (χ4v) is 1.82. The molecule has 1 aliphatic rings. The minimum atomic E-state index is -0.185. The SMILES string of the molecule is Fc1cc(Br)ccc1C1=NCCC1. The van der Waals surface area contributed by atoms with E-state index in [4.69, 9.17) is 0 Å². The molecule has 0 atom stereocenters. The zero-order valence-corrected chi connectivity index (χ0v) is 8.64. The summed E-state index contributed by atoms with van der Waals surface area (Å²) >= 11 is 3.22. The van der Waals surface area contributed by atoms with Crippen LogP contribution >= 0.6 is 15.9 Å². The van der Waals surface area contributed by atoms with Crippen LogP contribution < -0.4 is 0 Å². The number of aliphatic imine (C=N–C) groups is 1. The molecule has 3 heteroatoms. The van der Waals surface area contributed by atoms with Crippen molar-refractivity contribution >= 4 is 21.6 Å². The molecular weight excluding hydrogens is 233 g/mol. The lowest BCUT2D eigenvalue weighted by molar-refractivity contribution is 0.624. The van der Waals surface area contributed by atoms with Crippen molar-refractivity contribution in [2.75, 3.05) is 6.54 Å². The molecule has 0 saturated heterocycles. The minimum absolute atomic E-state index is 0.185. The summed E-state index contributed by atoms with van der Waals surface area (Å²) in [6.45, 7) is 0.838. The van der Waals surface area contributed by atoms with Crippen LogP contribution in [0.15, 0.2) is 27.7 Å². The third kappa shape index (κ3) is 1.80. The summed E-state index contributed by atoms with van der Waals surface area (Å²) in [5.41, 5.74) is 1.56. The Balaban J connectivity index is 2.40. The van der Waals surface area contributed by atoms with Crippen molar-refractivity contribution in [3.8, 4) is 0 Å². The Hall–Kier alpha value is -0.700. The number of benzene rings is 1. The summed E-state index contributed by atoms with van der Waals surface area (Å²) in [4.78, 5) is 4.26. The fraction of sp³-hybridized carbons (Fsp3) is 0.300. The third-order valence-electron chi connectivity index (χ3n) is 2.12. The third-order valence-corrected chi connectivity index (χ3v) is 2.61. The van der Waals surface area contributed by atoms with E-state index in [-0.39, 0.29) is 5.82 Å². The van der Waals surface area contributed by atoms with Crippen molar-refractivity contribution in [1.29, 1.82) is 0 Å². The van der Waals surface area contributed by atoms with Crippen LogP contribution in [0.4, 0.5) is 4.39 Å². The highest BCUT2D eigenvalue weighted by Crippen LogP contribution is 2.19. The fourth-order valence-electron chi connectivity index (χ4n) is 1.48. The van der Waals surface area contributed by atoms with Crippen LogP contribution in [0.3, 0.4) is 0 Å². The number of nitrogens with zero attached hydrogens (tertiary/aromatic N) is 1. The molecule has 68 valence electrons. The molecule has 0 spiro atoms. The maximum absolute atomic E-state index is 13.4. The molecule has 1 aliphatic heterocycles. The number of halogens is 2. The van der Waals surface area contributed by atoms with Gasteiger partial charge in [-0.2, -0.15) is 0 Å². The topological polar surface area (TPSA) is 12.4 Å². The Morgan fingerprint density at radius 2 is 2.23 bits per heavy atom. The van der Waals surface area contributed by atoms with Crippen LogP contribution in [-0.2, 0) is 0 Å². The van der Waals surface area contributed by atoms with Gasteiger partial charge in [-0.1, -0.05) is 15.9 Å². The monoisotopic (exact) mass is 241 g/mol. The first kappa shape index (κ1) is 8.88. The Kier molecular flexibility index (Phi) is 2.44. The summed E-state index contributed by atoms with van der Waals surface area (Å²) < 4.78 is 14.2. The second kappa shape index (κ2) is 3.58. The predicted octanol–water partition coefficient (Wildman–Crippen LogP) is 3.17. The predicted molar refractivity (Wildman–Crippen MR) is 54.7 cm³/mol. The van der Waals surface area contributed by atoms with Crippen LogP contribution in [0.1, 0.15) is 18.4 Å². The van der Waals surface area contributed by atoms with Gasteiger partial charge in [-0.15, -0.1) is 0 Å². The zero-order chi connectivity index (χ0) is 9.26. The van der Waals surface area contributed by atoms with Gasteiger partial charge in [-0.25, -0.2) is 4.39 Å².